The molecule has 2 rings (SSSR count). The summed E-state index contributed by atoms with van der Waals surface area (Å²) in [6, 6.07) is 16.6. The van der Waals surface area contributed by atoms with Gasteiger partial charge in [0.2, 0.25) is 0 Å². The lowest BCUT2D eigenvalue weighted by molar-refractivity contribution is 0.249. The Morgan fingerprint density at radius 1 is 1.05 bits per heavy atom. The zero-order valence-corrected chi connectivity index (χ0v) is 11.6. The lowest BCUT2D eigenvalue weighted by Crippen LogP contribution is -2.31. The first-order valence-electron chi connectivity index (χ1n) is 6.46. The second-order valence-corrected chi connectivity index (χ2v) is 4.43. The summed E-state index contributed by atoms with van der Waals surface area (Å²) in [5.74, 6) is 0.764. The Kier molecular flexibility index (Phi) is 4.60. The second-order valence-electron chi connectivity index (χ2n) is 4.43. The fourth-order valence-corrected chi connectivity index (χ4v) is 1.99. The molecule has 0 saturated heterocycles. The van der Waals surface area contributed by atoms with Crippen molar-refractivity contribution in [3.8, 4) is 5.75 Å². The summed E-state index contributed by atoms with van der Waals surface area (Å²) in [5, 5.41) is 5.68. The van der Waals surface area contributed by atoms with Crippen molar-refractivity contribution in [2.24, 2.45) is 0 Å². The van der Waals surface area contributed by atoms with Gasteiger partial charge in [0, 0.05) is 11.3 Å². The molecule has 0 aliphatic carbocycles. The molecule has 2 aromatic rings. The van der Waals surface area contributed by atoms with E-state index < -0.39 is 0 Å². The average molecular weight is 270 g/mol. The summed E-state index contributed by atoms with van der Waals surface area (Å²) >= 11 is 0. The number of carbonyl (C=O) groups excluding carboxylic acids is 1. The minimum atomic E-state index is -0.241. The van der Waals surface area contributed by atoms with Crippen LogP contribution in [0.5, 0.6) is 5.75 Å². The zero-order chi connectivity index (χ0) is 14.4. The molecule has 0 saturated carbocycles. The molecule has 4 heteroatoms. The largest absolute Gasteiger partial charge is 0.496 e. The van der Waals surface area contributed by atoms with Crippen molar-refractivity contribution >= 4 is 11.7 Å². The normalized spacial score (nSPS) is 11.5. The predicted octanol–water partition coefficient (Wildman–Crippen LogP) is 3.58. The number of para-hydroxylation sites is 2. The quantitative estimate of drug-likeness (QED) is 0.892. The van der Waals surface area contributed by atoms with Crippen molar-refractivity contribution in [1.82, 2.24) is 5.32 Å². The van der Waals surface area contributed by atoms with Crippen molar-refractivity contribution in [1.29, 1.82) is 0 Å². The average Bonchev–Trinajstić information content (AvgIpc) is 2.48. The maximum atomic E-state index is 11.9. The molecule has 0 aliphatic rings. The van der Waals surface area contributed by atoms with E-state index in [2.05, 4.69) is 10.6 Å². The molecule has 2 N–H and O–H groups in total. The molecule has 0 unspecified atom stereocenters. The van der Waals surface area contributed by atoms with Crippen molar-refractivity contribution < 1.29 is 9.53 Å². The van der Waals surface area contributed by atoms with Gasteiger partial charge in [-0.3, -0.25) is 0 Å². The third-order valence-corrected chi connectivity index (χ3v) is 2.98. The highest BCUT2D eigenvalue weighted by atomic mass is 16.5. The molecule has 4 nitrogen and oxygen atoms in total. The van der Waals surface area contributed by atoms with E-state index in [0.29, 0.717) is 0 Å². The Morgan fingerprint density at radius 2 is 1.70 bits per heavy atom. The van der Waals surface area contributed by atoms with Crippen LogP contribution < -0.4 is 15.4 Å². The Morgan fingerprint density at radius 3 is 2.40 bits per heavy atom. The highest BCUT2D eigenvalue weighted by Crippen LogP contribution is 2.24. The summed E-state index contributed by atoms with van der Waals surface area (Å²) in [7, 11) is 1.62. The number of benzene rings is 2. The maximum absolute atomic E-state index is 11.9. The fourth-order valence-electron chi connectivity index (χ4n) is 1.99. The van der Waals surface area contributed by atoms with Crippen LogP contribution in [-0.2, 0) is 0 Å². The lowest BCUT2D eigenvalue weighted by Gasteiger charge is -2.17. The van der Waals surface area contributed by atoms with Crippen LogP contribution in [0.2, 0.25) is 0 Å². The van der Waals surface area contributed by atoms with E-state index in [4.69, 9.17) is 4.74 Å². The van der Waals surface area contributed by atoms with Gasteiger partial charge in [0.1, 0.15) is 5.75 Å². The predicted molar refractivity (Wildman–Crippen MR) is 80.0 cm³/mol. The zero-order valence-electron chi connectivity index (χ0n) is 11.6. The summed E-state index contributed by atoms with van der Waals surface area (Å²) in [5.41, 5.74) is 1.70. The molecule has 2 amide bonds. The minimum Gasteiger partial charge on any atom is -0.496 e. The Balaban J connectivity index is 2.00. The highest BCUT2D eigenvalue weighted by Gasteiger charge is 2.13. The van der Waals surface area contributed by atoms with Gasteiger partial charge in [-0.15, -0.1) is 0 Å². The van der Waals surface area contributed by atoms with Gasteiger partial charge in [-0.1, -0.05) is 36.4 Å². The molecule has 0 radical (unpaired) electrons. The minimum absolute atomic E-state index is 0.144. The topological polar surface area (TPSA) is 50.4 Å². The number of anilines is 1. The number of hydrogen-bond acceptors (Lipinski definition) is 2. The van der Waals surface area contributed by atoms with E-state index >= 15 is 0 Å². The Hall–Kier alpha value is -2.49. The third kappa shape index (κ3) is 3.51. The first kappa shape index (κ1) is 13.9. The van der Waals surface area contributed by atoms with Crippen molar-refractivity contribution in [2.75, 3.05) is 12.4 Å². The van der Waals surface area contributed by atoms with E-state index in [1.807, 2.05) is 61.5 Å². The summed E-state index contributed by atoms with van der Waals surface area (Å²) in [6.45, 7) is 1.92. The highest BCUT2D eigenvalue weighted by molar-refractivity contribution is 5.89. The molecule has 0 aliphatic heterocycles. The van der Waals surface area contributed by atoms with Crippen LogP contribution in [0.1, 0.15) is 18.5 Å². The fraction of sp³-hybridized carbons (Fsp3) is 0.188. The maximum Gasteiger partial charge on any atom is 0.319 e. The standard InChI is InChI=1S/C16H18N2O2/c1-12(14-10-6-7-11-15(14)20-2)17-16(19)18-13-8-4-3-5-9-13/h3-12H,1-2H3,(H2,17,18,19)/t12-/m1/s1. The molecule has 0 spiro atoms. The van der Waals surface area contributed by atoms with Crippen molar-refractivity contribution in [3.05, 3.63) is 60.2 Å². The molecular formula is C16H18N2O2. The van der Waals surface area contributed by atoms with Crippen LogP contribution >= 0.6 is 0 Å². The molecule has 0 fully saturated rings. The van der Waals surface area contributed by atoms with E-state index in [0.717, 1.165) is 17.0 Å². The van der Waals surface area contributed by atoms with Gasteiger partial charge in [-0.05, 0) is 25.1 Å². The van der Waals surface area contributed by atoms with Crippen LogP contribution in [0.4, 0.5) is 10.5 Å². The van der Waals surface area contributed by atoms with Crippen LogP contribution in [0.25, 0.3) is 0 Å². The van der Waals surface area contributed by atoms with E-state index in [9.17, 15) is 4.79 Å². The van der Waals surface area contributed by atoms with Crippen LogP contribution in [0.3, 0.4) is 0 Å². The van der Waals surface area contributed by atoms with Crippen molar-refractivity contribution in [3.63, 3.8) is 0 Å². The Labute approximate surface area is 118 Å². The van der Waals surface area contributed by atoms with E-state index in [1.54, 1.807) is 7.11 Å². The summed E-state index contributed by atoms with van der Waals surface area (Å²) < 4.78 is 5.29. The van der Waals surface area contributed by atoms with Gasteiger partial charge in [-0.25, -0.2) is 4.79 Å². The number of hydrogen-bond donors (Lipinski definition) is 2. The van der Waals surface area contributed by atoms with Gasteiger partial charge in [0.05, 0.1) is 13.2 Å². The molecule has 1 atom stereocenters. The molecule has 0 aromatic heterocycles. The van der Waals surface area contributed by atoms with E-state index in [1.165, 1.54) is 0 Å². The van der Waals surface area contributed by atoms with Gasteiger partial charge in [-0.2, -0.15) is 0 Å². The number of amides is 2. The SMILES string of the molecule is COc1ccccc1[C@@H](C)NC(=O)Nc1ccccc1. The monoisotopic (exact) mass is 270 g/mol. The van der Waals surface area contributed by atoms with Crippen LogP contribution in [-0.4, -0.2) is 13.1 Å². The molecule has 2 aromatic carbocycles. The smallest absolute Gasteiger partial charge is 0.319 e. The summed E-state index contributed by atoms with van der Waals surface area (Å²) in [4.78, 5) is 11.9. The first-order valence-corrected chi connectivity index (χ1v) is 6.46. The molecule has 20 heavy (non-hydrogen) atoms. The lowest BCUT2D eigenvalue weighted by atomic mass is 10.1. The number of nitrogens with one attached hydrogen (secondary N) is 2. The van der Waals surface area contributed by atoms with Gasteiger partial charge in [0.15, 0.2) is 0 Å². The molecular weight excluding hydrogens is 252 g/mol. The first-order chi connectivity index (χ1) is 9.70. The van der Waals surface area contributed by atoms with Gasteiger partial charge < -0.3 is 15.4 Å². The van der Waals surface area contributed by atoms with Crippen LogP contribution in [0, 0.1) is 0 Å². The molecule has 0 bridgehead atoms. The number of carbonyl (C=O) groups is 1. The third-order valence-electron chi connectivity index (χ3n) is 2.98. The van der Waals surface area contributed by atoms with E-state index in [-0.39, 0.29) is 12.1 Å². The number of methoxy groups -OCH3 is 1. The molecule has 104 valence electrons. The number of ether oxygens (including phenoxy) is 1. The number of rotatable bonds is 4. The van der Waals surface area contributed by atoms with Gasteiger partial charge in [0.25, 0.3) is 0 Å². The van der Waals surface area contributed by atoms with Crippen LogP contribution in [0.15, 0.2) is 54.6 Å². The van der Waals surface area contributed by atoms with Gasteiger partial charge >= 0.3 is 6.03 Å². The number of urea groups is 1. The molecule has 0 heterocycles. The Bertz CT molecular complexity index is 570. The second kappa shape index (κ2) is 6.61. The van der Waals surface area contributed by atoms with Crippen molar-refractivity contribution in [2.45, 2.75) is 13.0 Å². The summed E-state index contributed by atoms with van der Waals surface area (Å²) in [6.07, 6.45) is 0.